The molecule has 0 bridgehead atoms. The van der Waals surface area contributed by atoms with Crippen LogP contribution in [0.5, 0.6) is 5.75 Å². The lowest BCUT2D eigenvalue weighted by Gasteiger charge is -2.04. The molecular formula is C16H14N4O3S. The van der Waals surface area contributed by atoms with Gasteiger partial charge in [0, 0.05) is 10.9 Å². The molecule has 8 heteroatoms. The Kier molecular flexibility index (Phi) is 4.57. The van der Waals surface area contributed by atoms with Crippen LogP contribution in [-0.4, -0.2) is 29.1 Å². The first-order valence-corrected chi connectivity index (χ1v) is 7.94. The van der Waals surface area contributed by atoms with Crippen molar-refractivity contribution in [2.45, 2.75) is 0 Å². The fourth-order valence-corrected chi connectivity index (χ4v) is 2.63. The molecule has 2 aromatic heterocycles. The SMILES string of the molecule is COc1ccc(-c2cc(C(=O)NNC(=O)c3ccsc3)[nH]n2)cc1. The van der Waals surface area contributed by atoms with Gasteiger partial charge in [-0.25, -0.2) is 0 Å². The average Bonchev–Trinajstić information content (AvgIpc) is 3.31. The van der Waals surface area contributed by atoms with Crippen LogP contribution in [0, 0.1) is 0 Å². The van der Waals surface area contributed by atoms with Gasteiger partial charge in [-0.15, -0.1) is 0 Å². The fraction of sp³-hybridized carbons (Fsp3) is 0.0625. The highest BCUT2D eigenvalue weighted by atomic mass is 32.1. The second kappa shape index (κ2) is 6.97. The van der Waals surface area contributed by atoms with Crippen molar-refractivity contribution in [2.75, 3.05) is 7.11 Å². The number of hydrogen-bond donors (Lipinski definition) is 3. The number of hydrazine groups is 1. The Morgan fingerprint density at radius 3 is 2.54 bits per heavy atom. The summed E-state index contributed by atoms with van der Waals surface area (Å²) in [6.45, 7) is 0. The number of rotatable bonds is 4. The number of thiophene rings is 1. The number of methoxy groups -OCH3 is 1. The monoisotopic (exact) mass is 342 g/mol. The summed E-state index contributed by atoms with van der Waals surface area (Å²) in [4.78, 5) is 23.8. The average molecular weight is 342 g/mol. The summed E-state index contributed by atoms with van der Waals surface area (Å²) in [5.74, 6) is -0.117. The summed E-state index contributed by atoms with van der Waals surface area (Å²) in [7, 11) is 1.59. The lowest BCUT2D eigenvalue weighted by atomic mass is 10.1. The zero-order chi connectivity index (χ0) is 16.9. The van der Waals surface area contributed by atoms with Crippen molar-refractivity contribution in [1.82, 2.24) is 21.0 Å². The topological polar surface area (TPSA) is 96.1 Å². The second-order valence-corrected chi connectivity index (χ2v) is 5.60. The molecule has 0 unspecified atom stereocenters. The summed E-state index contributed by atoms with van der Waals surface area (Å²) >= 11 is 1.40. The number of carbonyl (C=O) groups excluding carboxylic acids is 2. The molecule has 0 atom stereocenters. The van der Waals surface area contributed by atoms with E-state index in [1.807, 2.05) is 24.3 Å². The Hall–Kier alpha value is -3.13. The Morgan fingerprint density at radius 2 is 1.88 bits per heavy atom. The molecule has 0 fully saturated rings. The molecule has 122 valence electrons. The van der Waals surface area contributed by atoms with Crippen LogP contribution in [0.25, 0.3) is 11.3 Å². The van der Waals surface area contributed by atoms with Gasteiger partial charge in [0.25, 0.3) is 11.8 Å². The van der Waals surface area contributed by atoms with Crippen LogP contribution in [0.1, 0.15) is 20.8 Å². The molecular weight excluding hydrogens is 328 g/mol. The Bertz CT molecular complexity index is 841. The van der Waals surface area contributed by atoms with Gasteiger partial charge in [0.1, 0.15) is 11.4 Å². The number of hydrogen-bond acceptors (Lipinski definition) is 5. The van der Waals surface area contributed by atoms with E-state index < -0.39 is 5.91 Å². The van der Waals surface area contributed by atoms with Crippen molar-refractivity contribution < 1.29 is 14.3 Å². The maximum absolute atomic E-state index is 12.0. The van der Waals surface area contributed by atoms with Gasteiger partial charge in [-0.3, -0.25) is 25.5 Å². The minimum Gasteiger partial charge on any atom is -0.497 e. The van der Waals surface area contributed by atoms with E-state index in [0.717, 1.165) is 11.3 Å². The maximum atomic E-state index is 12.0. The number of H-pyrrole nitrogens is 1. The molecule has 3 rings (SSSR count). The second-order valence-electron chi connectivity index (χ2n) is 4.82. The van der Waals surface area contributed by atoms with Crippen molar-refractivity contribution in [3.8, 4) is 17.0 Å². The first kappa shape index (κ1) is 15.8. The first-order chi connectivity index (χ1) is 11.7. The summed E-state index contributed by atoms with van der Waals surface area (Å²) in [5.41, 5.74) is 6.89. The minimum atomic E-state index is -0.481. The van der Waals surface area contributed by atoms with E-state index in [9.17, 15) is 9.59 Å². The number of amides is 2. The third-order valence-corrected chi connectivity index (χ3v) is 3.96. The van der Waals surface area contributed by atoms with Gasteiger partial charge in [-0.2, -0.15) is 16.4 Å². The van der Waals surface area contributed by atoms with E-state index >= 15 is 0 Å². The molecule has 0 aliphatic heterocycles. The number of ether oxygens (including phenoxy) is 1. The van der Waals surface area contributed by atoms with Crippen LogP contribution in [0.2, 0.25) is 0 Å². The smallest absolute Gasteiger partial charge is 0.287 e. The fourth-order valence-electron chi connectivity index (χ4n) is 1.99. The van der Waals surface area contributed by atoms with Gasteiger partial charge < -0.3 is 4.74 Å². The quantitative estimate of drug-likeness (QED) is 0.634. The van der Waals surface area contributed by atoms with Crippen LogP contribution < -0.4 is 15.6 Å². The zero-order valence-electron chi connectivity index (χ0n) is 12.7. The van der Waals surface area contributed by atoms with Crippen LogP contribution in [0.15, 0.2) is 47.2 Å². The van der Waals surface area contributed by atoms with Crippen molar-refractivity contribution in [3.05, 3.63) is 58.4 Å². The van der Waals surface area contributed by atoms with Crippen molar-refractivity contribution in [1.29, 1.82) is 0 Å². The normalized spacial score (nSPS) is 10.2. The molecule has 3 N–H and O–H groups in total. The van der Waals surface area contributed by atoms with E-state index in [-0.39, 0.29) is 11.6 Å². The molecule has 0 aliphatic rings. The molecule has 24 heavy (non-hydrogen) atoms. The molecule has 2 heterocycles. The number of carbonyl (C=O) groups is 2. The minimum absolute atomic E-state index is 0.242. The number of nitrogens with one attached hydrogen (secondary N) is 3. The van der Waals surface area contributed by atoms with E-state index in [1.165, 1.54) is 11.3 Å². The predicted octanol–water partition coefficient (Wildman–Crippen LogP) is 2.22. The molecule has 0 radical (unpaired) electrons. The molecule has 0 aliphatic carbocycles. The summed E-state index contributed by atoms with van der Waals surface area (Å²) in [5, 5.41) is 10.2. The molecule has 3 aromatic rings. The molecule has 0 saturated carbocycles. The van der Waals surface area contributed by atoms with Crippen molar-refractivity contribution in [3.63, 3.8) is 0 Å². The van der Waals surface area contributed by atoms with Crippen molar-refractivity contribution in [2.24, 2.45) is 0 Å². The van der Waals surface area contributed by atoms with Gasteiger partial charge in [-0.1, -0.05) is 0 Å². The molecule has 2 amide bonds. The third-order valence-electron chi connectivity index (χ3n) is 3.28. The van der Waals surface area contributed by atoms with Crippen LogP contribution >= 0.6 is 11.3 Å². The largest absolute Gasteiger partial charge is 0.497 e. The molecule has 7 nitrogen and oxygen atoms in total. The molecule has 1 aromatic carbocycles. The van der Waals surface area contributed by atoms with E-state index in [0.29, 0.717) is 11.3 Å². The first-order valence-electron chi connectivity index (χ1n) is 7.00. The standard InChI is InChI=1S/C16H14N4O3S/c1-23-12-4-2-10(3-5-12)13-8-14(18-17-13)16(22)20-19-15(21)11-6-7-24-9-11/h2-9H,1H3,(H,17,18)(H,19,21)(H,20,22). The summed E-state index contributed by atoms with van der Waals surface area (Å²) < 4.78 is 5.10. The van der Waals surface area contributed by atoms with E-state index in [2.05, 4.69) is 21.0 Å². The highest BCUT2D eigenvalue weighted by molar-refractivity contribution is 7.08. The van der Waals surface area contributed by atoms with Crippen LogP contribution in [0.4, 0.5) is 0 Å². The Balaban J connectivity index is 1.64. The van der Waals surface area contributed by atoms with Gasteiger partial charge in [0.05, 0.1) is 18.4 Å². The predicted molar refractivity (Wildman–Crippen MR) is 89.8 cm³/mol. The summed E-state index contributed by atoms with van der Waals surface area (Å²) in [6, 6.07) is 10.6. The molecule has 0 saturated heterocycles. The Morgan fingerprint density at radius 1 is 1.12 bits per heavy atom. The third kappa shape index (κ3) is 3.44. The van der Waals surface area contributed by atoms with Gasteiger partial charge in [0.2, 0.25) is 0 Å². The van der Waals surface area contributed by atoms with Crippen molar-refractivity contribution >= 4 is 23.2 Å². The van der Waals surface area contributed by atoms with E-state index in [4.69, 9.17) is 4.74 Å². The lowest BCUT2D eigenvalue weighted by molar-refractivity contribution is 0.0844. The van der Waals surface area contributed by atoms with Gasteiger partial charge in [0.15, 0.2) is 0 Å². The maximum Gasteiger partial charge on any atom is 0.287 e. The Labute approximate surface area is 141 Å². The highest BCUT2D eigenvalue weighted by Gasteiger charge is 2.13. The summed E-state index contributed by atoms with van der Waals surface area (Å²) in [6.07, 6.45) is 0. The van der Waals surface area contributed by atoms with Gasteiger partial charge in [-0.05, 0) is 41.8 Å². The van der Waals surface area contributed by atoms with Crippen LogP contribution in [-0.2, 0) is 0 Å². The zero-order valence-corrected chi connectivity index (χ0v) is 13.5. The van der Waals surface area contributed by atoms with Gasteiger partial charge >= 0.3 is 0 Å². The highest BCUT2D eigenvalue weighted by Crippen LogP contribution is 2.21. The number of nitrogens with zero attached hydrogens (tertiary/aromatic N) is 1. The lowest BCUT2D eigenvalue weighted by Crippen LogP contribution is -2.41. The van der Waals surface area contributed by atoms with E-state index in [1.54, 1.807) is 30.0 Å². The number of aromatic nitrogens is 2. The van der Waals surface area contributed by atoms with Crippen LogP contribution in [0.3, 0.4) is 0 Å². The number of benzene rings is 1. The molecule has 0 spiro atoms. The number of aromatic amines is 1.